The third kappa shape index (κ3) is 3.88. The van der Waals surface area contributed by atoms with E-state index in [9.17, 15) is 13.6 Å². The maximum Gasteiger partial charge on any atom is 0.225 e. The van der Waals surface area contributed by atoms with Gasteiger partial charge in [0.1, 0.15) is 17.3 Å². The van der Waals surface area contributed by atoms with Crippen molar-refractivity contribution in [3.05, 3.63) is 77.5 Å². The number of nitrogens with zero attached hydrogens (tertiary/aromatic N) is 2. The number of rotatable bonds is 5. The number of aryl methyl sites for hydroxylation is 1. The molecule has 2 aromatic carbocycles. The zero-order valence-corrected chi connectivity index (χ0v) is 13.4. The highest BCUT2D eigenvalue weighted by atomic mass is 19.1. The molecule has 1 atom stereocenters. The lowest BCUT2D eigenvalue weighted by Gasteiger charge is -2.14. The Kier molecular flexibility index (Phi) is 4.83. The molecule has 0 fully saturated rings. The molecule has 1 amide bonds. The number of halogens is 2. The van der Waals surface area contributed by atoms with Crippen LogP contribution in [0.3, 0.4) is 0 Å². The van der Waals surface area contributed by atoms with Gasteiger partial charge in [-0.25, -0.2) is 8.78 Å². The standard InChI is InChI=1S/C18H15F2N3O2/c1-11-22-23-18(25-11)13(12-6-3-2-4-7-12)10-16(24)21-17-14(19)8-5-9-15(17)20/h2-9,13H,10H2,1H3,(H,21,24). The van der Waals surface area contributed by atoms with Crippen LogP contribution in [0.25, 0.3) is 0 Å². The van der Waals surface area contributed by atoms with E-state index in [2.05, 4.69) is 15.5 Å². The van der Waals surface area contributed by atoms with Crippen LogP contribution in [0.2, 0.25) is 0 Å². The number of carbonyl (C=O) groups excluding carboxylic acids is 1. The van der Waals surface area contributed by atoms with Gasteiger partial charge in [-0.1, -0.05) is 36.4 Å². The minimum absolute atomic E-state index is 0.0978. The van der Waals surface area contributed by atoms with E-state index in [4.69, 9.17) is 4.42 Å². The fraction of sp³-hybridized carbons (Fsp3) is 0.167. The SMILES string of the molecule is Cc1nnc(C(CC(=O)Nc2c(F)cccc2F)c2ccccc2)o1. The number of carbonyl (C=O) groups is 1. The van der Waals surface area contributed by atoms with Crippen molar-refractivity contribution in [1.29, 1.82) is 0 Å². The number of nitrogens with one attached hydrogen (secondary N) is 1. The van der Waals surface area contributed by atoms with Crippen LogP contribution in [0.1, 0.15) is 29.7 Å². The number of benzene rings is 2. The molecule has 0 spiro atoms. The number of aromatic nitrogens is 2. The monoisotopic (exact) mass is 343 g/mol. The topological polar surface area (TPSA) is 68.0 Å². The molecule has 0 saturated heterocycles. The van der Waals surface area contributed by atoms with Crippen LogP contribution >= 0.6 is 0 Å². The summed E-state index contributed by atoms with van der Waals surface area (Å²) in [5, 5.41) is 10.0. The van der Waals surface area contributed by atoms with Gasteiger partial charge < -0.3 is 9.73 Å². The van der Waals surface area contributed by atoms with E-state index in [1.54, 1.807) is 6.92 Å². The molecule has 0 aliphatic carbocycles. The highest BCUT2D eigenvalue weighted by Gasteiger charge is 2.24. The molecular weight excluding hydrogens is 328 g/mol. The highest BCUT2D eigenvalue weighted by Crippen LogP contribution is 2.28. The summed E-state index contributed by atoms with van der Waals surface area (Å²) < 4.78 is 32.9. The van der Waals surface area contributed by atoms with Crippen LogP contribution in [0, 0.1) is 18.6 Å². The second-order valence-electron chi connectivity index (χ2n) is 5.47. The van der Waals surface area contributed by atoms with Crippen molar-refractivity contribution in [3.63, 3.8) is 0 Å². The van der Waals surface area contributed by atoms with Crippen molar-refractivity contribution >= 4 is 11.6 Å². The molecule has 0 radical (unpaired) electrons. The number of anilines is 1. The Morgan fingerprint density at radius 2 is 1.76 bits per heavy atom. The third-order valence-electron chi connectivity index (χ3n) is 3.66. The van der Waals surface area contributed by atoms with Crippen LogP contribution < -0.4 is 5.32 Å². The average Bonchev–Trinajstić information content (AvgIpc) is 3.03. The first-order chi connectivity index (χ1) is 12.0. The maximum atomic E-state index is 13.7. The predicted molar refractivity (Wildman–Crippen MR) is 86.9 cm³/mol. The van der Waals surface area contributed by atoms with Gasteiger partial charge in [0.15, 0.2) is 0 Å². The van der Waals surface area contributed by atoms with Crippen LogP contribution in [0.5, 0.6) is 0 Å². The normalized spacial score (nSPS) is 12.0. The lowest BCUT2D eigenvalue weighted by Crippen LogP contribution is -2.18. The van der Waals surface area contributed by atoms with Gasteiger partial charge in [0.25, 0.3) is 0 Å². The molecule has 1 N–H and O–H groups in total. The van der Waals surface area contributed by atoms with Crippen LogP contribution in [-0.2, 0) is 4.79 Å². The molecule has 1 heterocycles. The largest absolute Gasteiger partial charge is 0.425 e. The summed E-state index contributed by atoms with van der Waals surface area (Å²) in [6.45, 7) is 1.65. The van der Waals surface area contributed by atoms with Crippen LogP contribution in [0.4, 0.5) is 14.5 Å². The molecule has 0 saturated carbocycles. The van der Waals surface area contributed by atoms with E-state index in [1.165, 1.54) is 6.07 Å². The quantitative estimate of drug-likeness (QED) is 0.765. The lowest BCUT2D eigenvalue weighted by molar-refractivity contribution is -0.116. The summed E-state index contributed by atoms with van der Waals surface area (Å²) in [4.78, 5) is 12.3. The highest BCUT2D eigenvalue weighted by molar-refractivity contribution is 5.91. The van der Waals surface area contributed by atoms with E-state index in [0.717, 1.165) is 17.7 Å². The van der Waals surface area contributed by atoms with Gasteiger partial charge >= 0.3 is 0 Å². The second-order valence-corrected chi connectivity index (χ2v) is 5.47. The summed E-state index contributed by atoms with van der Waals surface area (Å²) in [7, 11) is 0. The molecule has 0 bridgehead atoms. The van der Waals surface area contributed by atoms with Crippen molar-refractivity contribution in [2.75, 3.05) is 5.32 Å². The van der Waals surface area contributed by atoms with E-state index in [0.29, 0.717) is 5.89 Å². The predicted octanol–water partition coefficient (Wildman–Crippen LogP) is 3.82. The van der Waals surface area contributed by atoms with Gasteiger partial charge in [-0.3, -0.25) is 4.79 Å². The van der Waals surface area contributed by atoms with Gasteiger partial charge in [-0.05, 0) is 17.7 Å². The first-order valence-electron chi connectivity index (χ1n) is 7.63. The molecule has 1 aromatic heterocycles. The summed E-state index contributed by atoms with van der Waals surface area (Å²) in [5.74, 6) is -2.10. The fourth-order valence-corrected chi connectivity index (χ4v) is 2.48. The minimum Gasteiger partial charge on any atom is -0.425 e. The molecule has 1 unspecified atom stereocenters. The molecule has 7 heteroatoms. The first kappa shape index (κ1) is 16.8. The van der Waals surface area contributed by atoms with Gasteiger partial charge in [0.2, 0.25) is 17.7 Å². The molecule has 128 valence electrons. The van der Waals surface area contributed by atoms with Crippen molar-refractivity contribution in [1.82, 2.24) is 10.2 Å². The molecular formula is C18H15F2N3O2. The van der Waals surface area contributed by atoms with Gasteiger partial charge in [-0.15, -0.1) is 10.2 Å². The third-order valence-corrected chi connectivity index (χ3v) is 3.66. The van der Waals surface area contributed by atoms with Gasteiger partial charge in [-0.2, -0.15) is 0 Å². The average molecular weight is 343 g/mol. The number of hydrogen-bond donors (Lipinski definition) is 1. The summed E-state index contributed by atoms with van der Waals surface area (Å²) >= 11 is 0. The smallest absolute Gasteiger partial charge is 0.225 e. The number of para-hydroxylation sites is 1. The zero-order chi connectivity index (χ0) is 17.8. The maximum absolute atomic E-state index is 13.7. The Morgan fingerprint density at radius 1 is 1.08 bits per heavy atom. The lowest BCUT2D eigenvalue weighted by atomic mass is 9.95. The van der Waals surface area contributed by atoms with Crippen LogP contribution in [-0.4, -0.2) is 16.1 Å². The number of amides is 1. The van der Waals surface area contributed by atoms with E-state index in [-0.39, 0.29) is 12.3 Å². The van der Waals surface area contributed by atoms with Crippen molar-refractivity contribution in [2.45, 2.75) is 19.3 Å². The Morgan fingerprint density at radius 3 is 2.36 bits per heavy atom. The summed E-state index contributed by atoms with van der Waals surface area (Å²) in [5.41, 5.74) is 0.316. The fourth-order valence-electron chi connectivity index (χ4n) is 2.48. The molecule has 0 aliphatic rings. The van der Waals surface area contributed by atoms with Crippen molar-refractivity contribution in [2.24, 2.45) is 0 Å². The summed E-state index contributed by atoms with van der Waals surface area (Å²) in [6.07, 6.45) is -0.0978. The van der Waals surface area contributed by atoms with E-state index < -0.39 is 29.1 Å². The zero-order valence-electron chi connectivity index (χ0n) is 13.4. The molecule has 5 nitrogen and oxygen atoms in total. The van der Waals surface area contributed by atoms with E-state index in [1.807, 2.05) is 30.3 Å². The number of hydrogen-bond acceptors (Lipinski definition) is 4. The van der Waals surface area contributed by atoms with Gasteiger partial charge in [0, 0.05) is 13.3 Å². The van der Waals surface area contributed by atoms with Gasteiger partial charge in [0.05, 0.1) is 5.92 Å². The minimum atomic E-state index is -0.835. The Balaban J connectivity index is 1.84. The van der Waals surface area contributed by atoms with Crippen molar-refractivity contribution in [3.8, 4) is 0 Å². The Bertz CT molecular complexity index is 861. The Hall–Kier alpha value is -3.09. The summed E-state index contributed by atoms with van der Waals surface area (Å²) in [6, 6.07) is 12.5. The molecule has 3 aromatic rings. The first-order valence-corrected chi connectivity index (χ1v) is 7.63. The molecule has 3 rings (SSSR count). The Labute approximate surface area is 142 Å². The second kappa shape index (κ2) is 7.21. The van der Waals surface area contributed by atoms with E-state index >= 15 is 0 Å². The molecule has 0 aliphatic heterocycles. The van der Waals surface area contributed by atoms with Crippen LogP contribution in [0.15, 0.2) is 52.9 Å². The van der Waals surface area contributed by atoms with Crippen molar-refractivity contribution < 1.29 is 18.0 Å². The molecule has 25 heavy (non-hydrogen) atoms.